The maximum atomic E-state index is 12.7. The van der Waals surface area contributed by atoms with Crippen LogP contribution in [0.3, 0.4) is 0 Å². The molecule has 3 rings (SSSR count). The number of anilines is 1. The van der Waals surface area contributed by atoms with Crippen LogP contribution >= 0.6 is 0 Å². The van der Waals surface area contributed by atoms with Crippen molar-refractivity contribution in [2.75, 3.05) is 5.73 Å². The van der Waals surface area contributed by atoms with E-state index in [1.54, 1.807) is 18.2 Å². The molecule has 0 aliphatic carbocycles. The van der Waals surface area contributed by atoms with E-state index < -0.39 is 12.3 Å². The van der Waals surface area contributed by atoms with Gasteiger partial charge in [-0.1, -0.05) is 5.16 Å². The summed E-state index contributed by atoms with van der Waals surface area (Å²) in [6, 6.07) is 9.09. The second-order valence-electron chi connectivity index (χ2n) is 5.48. The maximum Gasteiger partial charge on any atom is 0.425 e. The average molecular weight is 375 g/mol. The van der Waals surface area contributed by atoms with Crippen molar-refractivity contribution in [3.8, 4) is 34.7 Å². The first-order chi connectivity index (χ1) is 12.8. The largest absolute Gasteiger partial charge is 0.480 e. The predicted octanol–water partition coefficient (Wildman–Crippen LogP) is 3.58. The summed E-state index contributed by atoms with van der Waals surface area (Å²) in [6.45, 7) is 0.859. The third-order valence-corrected chi connectivity index (χ3v) is 3.62. The first kappa shape index (κ1) is 18.2. The molecule has 0 amide bonds. The van der Waals surface area contributed by atoms with E-state index in [0.29, 0.717) is 11.1 Å². The van der Waals surface area contributed by atoms with Crippen molar-refractivity contribution in [1.82, 2.24) is 15.1 Å². The van der Waals surface area contributed by atoms with Crippen LogP contribution < -0.4 is 10.5 Å². The third-order valence-electron chi connectivity index (χ3n) is 3.62. The zero-order valence-electron chi connectivity index (χ0n) is 13.9. The van der Waals surface area contributed by atoms with Gasteiger partial charge in [0, 0.05) is 11.8 Å². The minimum atomic E-state index is -4.55. The van der Waals surface area contributed by atoms with Crippen LogP contribution in [0.1, 0.15) is 12.5 Å². The Morgan fingerprint density at radius 1 is 1.30 bits per heavy atom. The SMILES string of the molecule is CC(Oc1ccc(-c2nc(-c3cccnc3N)no2)cc1C#N)C(F)(F)F. The molecule has 0 spiro atoms. The zero-order valence-corrected chi connectivity index (χ0v) is 13.9. The van der Waals surface area contributed by atoms with Gasteiger partial charge in [-0.3, -0.25) is 0 Å². The molecule has 0 aliphatic rings. The summed E-state index contributed by atoms with van der Waals surface area (Å²) in [5, 5.41) is 13.0. The number of halogens is 3. The Morgan fingerprint density at radius 2 is 2.07 bits per heavy atom. The second-order valence-corrected chi connectivity index (χ2v) is 5.48. The highest BCUT2D eigenvalue weighted by molar-refractivity contribution is 5.69. The number of ether oxygens (including phenoxy) is 1. The van der Waals surface area contributed by atoms with Crippen molar-refractivity contribution in [2.24, 2.45) is 0 Å². The molecule has 0 radical (unpaired) electrons. The number of hydrogen-bond acceptors (Lipinski definition) is 7. The summed E-state index contributed by atoms with van der Waals surface area (Å²) in [4.78, 5) is 8.12. The zero-order chi connectivity index (χ0) is 19.6. The van der Waals surface area contributed by atoms with Gasteiger partial charge in [0.25, 0.3) is 5.89 Å². The van der Waals surface area contributed by atoms with Gasteiger partial charge >= 0.3 is 6.18 Å². The molecule has 0 saturated heterocycles. The standard InChI is InChI=1S/C17H12F3N5O2/c1-9(17(18,19)20)26-13-5-4-10(7-11(13)8-21)16-24-15(25-27-16)12-3-2-6-23-14(12)22/h2-7,9H,1H3,(H2,22,23). The number of alkyl halides is 3. The molecule has 1 aromatic carbocycles. The molecule has 2 N–H and O–H groups in total. The van der Waals surface area contributed by atoms with Crippen molar-refractivity contribution in [3.63, 3.8) is 0 Å². The van der Waals surface area contributed by atoms with Crippen molar-refractivity contribution in [1.29, 1.82) is 5.26 Å². The summed E-state index contributed by atoms with van der Waals surface area (Å²) in [5.74, 6) is 0.287. The highest BCUT2D eigenvalue weighted by Gasteiger charge is 2.38. The van der Waals surface area contributed by atoms with Crippen molar-refractivity contribution >= 4 is 5.82 Å². The predicted molar refractivity (Wildman–Crippen MR) is 88.2 cm³/mol. The Bertz CT molecular complexity index is 1010. The number of nitriles is 1. The van der Waals surface area contributed by atoms with Crippen molar-refractivity contribution in [3.05, 3.63) is 42.1 Å². The first-order valence-corrected chi connectivity index (χ1v) is 7.62. The Labute approximate surface area is 151 Å². The van der Waals surface area contributed by atoms with E-state index in [-0.39, 0.29) is 28.8 Å². The van der Waals surface area contributed by atoms with Crippen LogP contribution in [0.25, 0.3) is 22.8 Å². The fourth-order valence-corrected chi connectivity index (χ4v) is 2.17. The van der Waals surface area contributed by atoms with Gasteiger partial charge in [-0.15, -0.1) is 0 Å². The molecular formula is C17H12F3N5O2. The normalized spacial score (nSPS) is 12.4. The molecule has 0 fully saturated rings. The highest BCUT2D eigenvalue weighted by atomic mass is 19.4. The van der Waals surface area contributed by atoms with Gasteiger partial charge in [0.2, 0.25) is 5.82 Å². The van der Waals surface area contributed by atoms with Gasteiger partial charge in [0.05, 0.1) is 11.1 Å². The molecule has 1 unspecified atom stereocenters. The monoisotopic (exact) mass is 375 g/mol. The fraction of sp³-hybridized carbons (Fsp3) is 0.176. The lowest BCUT2D eigenvalue weighted by atomic mass is 10.1. The maximum absolute atomic E-state index is 12.7. The molecule has 0 saturated carbocycles. The minimum absolute atomic E-state index is 0.0696. The van der Waals surface area contributed by atoms with Gasteiger partial charge < -0.3 is 15.0 Å². The number of aromatic nitrogens is 3. The topological polar surface area (TPSA) is 111 Å². The van der Waals surface area contributed by atoms with E-state index in [9.17, 15) is 18.4 Å². The Hall–Kier alpha value is -3.61. The van der Waals surface area contributed by atoms with E-state index >= 15 is 0 Å². The fourth-order valence-electron chi connectivity index (χ4n) is 2.17. The molecule has 27 heavy (non-hydrogen) atoms. The van der Waals surface area contributed by atoms with Crippen molar-refractivity contribution in [2.45, 2.75) is 19.2 Å². The van der Waals surface area contributed by atoms with Gasteiger partial charge in [-0.25, -0.2) is 4.98 Å². The number of pyridine rings is 1. The molecule has 1 atom stereocenters. The first-order valence-electron chi connectivity index (χ1n) is 7.62. The highest BCUT2D eigenvalue weighted by Crippen LogP contribution is 2.31. The third kappa shape index (κ3) is 3.82. The molecule has 3 aromatic rings. The number of nitrogens with two attached hydrogens (primary N) is 1. The lowest BCUT2D eigenvalue weighted by molar-refractivity contribution is -0.189. The molecule has 7 nitrogen and oxygen atoms in total. The average Bonchev–Trinajstić information content (AvgIpc) is 3.11. The smallest absolute Gasteiger partial charge is 0.425 e. The Kier molecular flexibility index (Phi) is 4.68. The summed E-state index contributed by atoms with van der Waals surface area (Å²) >= 11 is 0. The summed E-state index contributed by atoms with van der Waals surface area (Å²) in [5.41, 5.74) is 6.48. The van der Waals surface area contributed by atoms with Gasteiger partial charge in [-0.05, 0) is 37.3 Å². The van der Waals surface area contributed by atoms with E-state index in [1.165, 1.54) is 24.4 Å². The van der Waals surface area contributed by atoms with Gasteiger partial charge in [0.15, 0.2) is 6.10 Å². The van der Waals surface area contributed by atoms with Gasteiger partial charge in [0.1, 0.15) is 17.6 Å². The van der Waals surface area contributed by atoms with Crippen LogP contribution in [0.4, 0.5) is 19.0 Å². The van der Waals surface area contributed by atoms with Crippen LogP contribution in [0.2, 0.25) is 0 Å². The van der Waals surface area contributed by atoms with E-state index in [4.69, 9.17) is 15.0 Å². The molecule has 10 heteroatoms. The molecule has 2 heterocycles. The second kappa shape index (κ2) is 6.95. The van der Waals surface area contributed by atoms with Crippen LogP contribution in [0, 0.1) is 11.3 Å². The van der Waals surface area contributed by atoms with E-state index in [2.05, 4.69) is 15.1 Å². The molecule has 0 bridgehead atoms. The van der Waals surface area contributed by atoms with Crippen LogP contribution in [0.5, 0.6) is 5.75 Å². The lowest BCUT2D eigenvalue weighted by Crippen LogP contribution is -2.31. The number of nitrogens with zero attached hydrogens (tertiary/aromatic N) is 4. The summed E-state index contributed by atoms with van der Waals surface area (Å²) < 4.78 is 48.0. The summed E-state index contributed by atoms with van der Waals surface area (Å²) in [7, 11) is 0. The summed E-state index contributed by atoms with van der Waals surface area (Å²) in [6.07, 6.45) is -5.09. The lowest BCUT2D eigenvalue weighted by Gasteiger charge is -2.18. The number of hydrogen-bond donors (Lipinski definition) is 1. The Balaban J connectivity index is 1.91. The number of rotatable bonds is 4. The Morgan fingerprint density at radius 3 is 2.74 bits per heavy atom. The van der Waals surface area contributed by atoms with E-state index in [0.717, 1.165) is 6.92 Å². The minimum Gasteiger partial charge on any atom is -0.480 e. The van der Waals surface area contributed by atoms with Crippen LogP contribution in [0.15, 0.2) is 41.1 Å². The van der Waals surface area contributed by atoms with Crippen LogP contribution in [-0.4, -0.2) is 27.4 Å². The number of nitrogen functional groups attached to an aromatic ring is 1. The van der Waals surface area contributed by atoms with Gasteiger partial charge in [-0.2, -0.15) is 23.4 Å². The molecule has 138 valence electrons. The molecule has 0 aliphatic heterocycles. The van der Waals surface area contributed by atoms with E-state index in [1.807, 2.05) is 0 Å². The molecular weight excluding hydrogens is 363 g/mol. The number of benzene rings is 1. The quantitative estimate of drug-likeness (QED) is 0.742. The van der Waals surface area contributed by atoms with Crippen LogP contribution in [-0.2, 0) is 0 Å². The molecule has 2 aromatic heterocycles. The van der Waals surface area contributed by atoms with Crippen molar-refractivity contribution < 1.29 is 22.4 Å².